The number of benzene rings is 3. The van der Waals surface area contributed by atoms with E-state index in [-0.39, 0.29) is 11.7 Å². The standard InChI is InChI=1S/C37H36FN7O2/c1-43-16-14-40-36(43)26-17-30(38)33(32(18-26)44-15-13-27(23-44)47-2)31-19-28-29(35(39)46)20-41-37(34(28)42-31)45(21-24-9-5-3-6-10-24)22-25-11-7-4-8-12-25/h3-12,14,16-20,27,42H,13,15,21-23H2,1-2H3,(H2,39,46)/t27-/m1/s1. The Morgan fingerprint density at radius 3 is 2.34 bits per heavy atom. The molecule has 0 bridgehead atoms. The van der Waals surface area contributed by atoms with Crippen LogP contribution in [0.1, 0.15) is 27.9 Å². The molecule has 47 heavy (non-hydrogen) atoms. The molecule has 1 aliphatic heterocycles. The van der Waals surface area contributed by atoms with Crippen LogP contribution in [-0.4, -0.2) is 51.7 Å². The zero-order valence-corrected chi connectivity index (χ0v) is 26.4. The Morgan fingerprint density at radius 2 is 1.74 bits per heavy atom. The summed E-state index contributed by atoms with van der Waals surface area (Å²) in [5.41, 5.74) is 11.2. The van der Waals surface area contributed by atoms with E-state index in [1.165, 1.54) is 12.3 Å². The van der Waals surface area contributed by atoms with Crippen molar-refractivity contribution in [2.75, 3.05) is 30.0 Å². The molecule has 0 spiro atoms. The summed E-state index contributed by atoms with van der Waals surface area (Å²) in [5, 5.41) is 0.582. The van der Waals surface area contributed by atoms with Gasteiger partial charge in [0.2, 0.25) is 0 Å². The molecule has 0 saturated carbocycles. The fraction of sp³-hybridized carbons (Fsp3) is 0.216. The molecule has 0 aliphatic carbocycles. The van der Waals surface area contributed by atoms with Crippen LogP contribution in [0.15, 0.2) is 97.5 Å². The normalized spacial score (nSPS) is 14.6. The summed E-state index contributed by atoms with van der Waals surface area (Å²) in [4.78, 5) is 29.8. The number of fused-ring (bicyclic) bond motifs is 1. The molecule has 3 N–H and O–H groups in total. The lowest BCUT2D eigenvalue weighted by Crippen LogP contribution is -2.24. The number of halogens is 1. The number of anilines is 2. The van der Waals surface area contributed by atoms with Crippen LogP contribution in [0.5, 0.6) is 0 Å². The number of nitrogens with two attached hydrogens (primary N) is 1. The monoisotopic (exact) mass is 629 g/mol. The number of methoxy groups -OCH3 is 1. The van der Waals surface area contributed by atoms with Gasteiger partial charge in [0.15, 0.2) is 5.82 Å². The Bertz CT molecular complexity index is 2000. The molecular weight excluding hydrogens is 593 g/mol. The second kappa shape index (κ2) is 12.7. The number of imidazole rings is 1. The smallest absolute Gasteiger partial charge is 0.250 e. The summed E-state index contributed by atoms with van der Waals surface area (Å²) in [5.74, 6) is 0.283. The number of nitrogens with zero attached hydrogens (tertiary/aromatic N) is 5. The first kappa shape index (κ1) is 30.2. The highest BCUT2D eigenvalue weighted by Gasteiger charge is 2.29. The minimum absolute atomic E-state index is 0.0345. The molecule has 7 rings (SSSR count). The lowest BCUT2D eigenvalue weighted by molar-refractivity contribution is 0.100. The zero-order valence-electron chi connectivity index (χ0n) is 26.4. The molecule has 1 saturated heterocycles. The van der Waals surface area contributed by atoms with Crippen LogP contribution in [0.3, 0.4) is 0 Å². The number of aromatic amines is 1. The van der Waals surface area contributed by atoms with Gasteiger partial charge in [-0.3, -0.25) is 4.79 Å². The van der Waals surface area contributed by atoms with Crippen LogP contribution in [0.2, 0.25) is 0 Å². The fourth-order valence-electron chi connectivity index (χ4n) is 6.51. The zero-order chi connectivity index (χ0) is 32.5. The number of hydrogen-bond donors (Lipinski definition) is 2. The van der Waals surface area contributed by atoms with Crippen molar-refractivity contribution in [3.63, 3.8) is 0 Å². The van der Waals surface area contributed by atoms with Gasteiger partial charge >= 0.3 is 0 Å². The van der Waals surface area contributed by atoms with Crippen LogP contribution in [0.25, 0.3) is 33.5 Å². The van der Waals surface area contributed by atoms with E-state index in [1.807, 2.05) is 66.3 Å². The SMILES string of the molecule is CO[C@@H]1CCN(c2cc(-c3nccn3C)cc(F)c2-c2cc3c(C(N)=O)cnc(N(Cc4ccccc4)Cc4ccccc4)c3[nH]2)C1. The van der Waals surface area contributed by atoms with Gasteiger partial charge in [-0.25, -0.2) is 14.4 Å². The van der Waals surface area contributed by atoms with Crippen LogP contribution < -0.4 is 15.5 Å². The van der Waals surface area contributed by atoms with Gasteiger partial charge < -0.3 is 29.8 Å². The third kappa shape index (κ3) is 5.95. The quantitative estimate of drug-likeness (QED) is 0.184. The first-order valence-electron chi connectivity index (χ1n) is 15.6. The van der Waals surface area contributed by atoms with Gasteiger partial charge in [0.25, 0.3) is 5.91 Å². The van der Waals surface area contributed by atoms with E-state index >= 15 is 4.39 Å². The van der Waals surface area contributed by atoms with Gasteiger partial charge in [0.05, 0.1) is 28.4 Å². The Hall–Kier alpha value is -5.48. The molecular formula is C37H36FN7O2. The molecule has 0 unspecified atom stereocenters. The van der Waals surface area contributed by atoms with Gasteiger partial charge in [-0.2, -0.15) is 0 Å². The number of rotatable bonds is 10. The Morgan fingerprint density at radius 1 is 1.04 bits per heavy atom. The number of hydrogen-bond acceptors (Lipinski definition) is 6. The second-order valence-electron chi connectivity index (χ2n) is 12.0. The fourth-order valence-corrected chi connectivity index (χ4v) is 6.51. The van der Waals surface area contributed by atoms with E-state index in [0.717, 1.165) is 23.2 Å². The van der Waals surface area contributed by atoms with Gasteiger partial charge in [-0.05, 0) is 35.7 Å². The maximum absolute atomic E-state index is 16.5. The average Bonchev–Trinajstić information content (AvgIpc) is 3.84. The number of nitrogens with one attached hydrogen (secondary N) is 1. The second-order valence-corrected chi connectivity index (χ2v) is 12.0. The average molecular weight is 630 g/mol. The number of aryl methyl sites for hydroxylation is 1. The molecule has 6 aromatic rings. The number of ether oxygens (including phenoxy) is 1. The molecule has 1 amide bonds. The third-order valence-electron chi connectivity index (χ3n) is 8.88. The Kier molecular flexibility index (Phi) is 8.17. The molecule has 9 nitrogen and oxygen atoms in total. The summed E-state index contributed by atoms with van der Waals surface area (Å²) in [6, 6.07) is 25.6. The number of H-pyrrole nitrogens is 1. The highest BCUT2D eigenvalue weighted by atomic mass is 19.1. The van der Waals surface area contributed by atoms with E-state index in [1.54, 1.807) is 13.3 Å². The van der Waals surface area contributed by atoms with Crippen molar-refractivity contribution < 1.29 is 13.9 Å². The molecule has 1 atom stereocenters. The number of carbonyl (C=O) groups is 1. The predicted molar refractivity (Wildman–Crippen MR) is 183 cm³/mol. The number of amides is 1. The van der Waals surface area contributed by atoms with Crippen LogP contribution in [-0.2, 0) is 24.9 Å². The van der Waals surface area contributed by atoms with Gasteiger partial charge in [-0.1, -0.05) is 60.7 Å². The summed E-state index contributed by atoms with van der Waals surface area (Å²) < 4.78 is 24.1. The van der Waals surface area contributed by atoms with Crippen molar-refractivity contribution >= 4 is 28.3 Å². The number of pyridine rings is 1. The lowest BCUT2D eigenvalue weighted by Gasteiger charge is -2.25. The maximum atomic E-state index is 16.5. The molecule has 4 heterocycles. The highest BCUT2D eigenvalue weighted by Crippen LogP contribution is 2.41. The number of primary amides is 1. The number of carbonyl (C=O) groups excluding carboxylic acids is 1. The van der Waals surface area contributed by atoms with E-state index in [4.69, 9.17) is 15.5 Å². The lowest BCUT2D eigenvalue weighted by atomic mass is 10.0. The van der Waals surface area contributed by atoms with Crippen molar-refractivity contribution in [2.24, 2.45) is 12.8 Å². The van der Waals surface area contributed by atoms with Gasteiger partial charge in [0, 0.05) is 75.6 Å². The van der Waals surface area contributed by atoms with Crippen LogP contribution in [0.4, 0.5) is 15.9 Å². The summed E-state index contributed by atoms with van der Waals surface area (Å²) >= 11 is 0. The highest BCUT2D eigenvalue weighted by molar-refractivity contribution is 6.09. The molecule has 3 aromatic heterocycles. The van der Waals surface area contributed by atoms with E-state index in [0.29, 0.717) is 65.5 Å². The van der Waals surface area contributed by atoms with Crippen LogP contribution >= 0.6 is 0 Å². The third-order valence-corrected chi connectivity index (χ3v) is 8.88. The summed E-state index contributed by atoms with van der Waals surface area (Å²) in [7, 11) is 3.59. The van der Waals surface area contributed by atoms with E-state index in [9.17, 15) is 4.79 Å². The molecule has 1 aliphatic rings. The molecule has 3 aromatic carbocycles. The summed E-state index contributed by atoms with van der Waals surface area (Å²) in [6.45, 7) is 2.45. The van der Waals surface area contributed by atoms with Crippen molar-refractivity contribution in [1.82, 2.24) is 19.5 Å². The molecule has 0 radical (unpaired) electrons. The molecule has 10 heteroatoms. The Labute approximate surface area is 272 Å². The van der Waals surface area contributed by atoms with Crippen molar-refractivity contribution in [3.05, 3.63) is 120 Å². The first-order chi connectivity index (χ1) is 22.9. The maximum Gasteiger partial charge on any atom is 0.250 e. The van der Waals surface area contributed by atoms with Gasteiger partial charge in [-0.15, -0.1) is 0 Å². The topological polar surface area (TPSA) is 105 Å². The Balaban J connectivity index is 1.41. The molecule has 238 valence electrons. The van der Waals surface area contributed by atoms with Crippen LogP contribution in [0, 0.1) is 5.82 Å². The molecule has 1 fully saturated rings. The van der Waals surface area contributed by atoms with E-state index in [2.05, 4.69) is 44.0 Å². The minimum Gasteiger partial charge on any atom is -0.380 e. The van der Waals surface area contributed by atoms with E-state index < -0.39 is 11.7 Å². The van der Waals surface area contributed by atoms with Crippen molar-refractivity contribution in [3.8, 4) is 22.6 Å². The largest absolute Gasteiger partial charge is 0.380 e. The van der Waals surface area contributed by atoms with Crippen molar-refractivity contribution in [1.29, 1.82) is 0 Å². The first-order valence-corrected chi connectivity index (χ1v) is 15.6. The van der Waals surface area contributed by atoms with Gasteiger partial charge in [0.1, 0.15) is 11.6 Å². The summed E-state index contributed by atoms with van der Waals surface area (Å²) in [6.07, 6.45) is 5.92. The number of aromatic nitrogens is 4. The predicted octanol–water partition coefficient (Wildman–Crippen LogP) is 6.30. The van der Waals surface area contributed by atoms with Crippen molar-refractivity contribution in [2.45, 2.75) is 25.6 Å². The minimum atomic E-state index is -0.606.